The molecule has 11 heteroatoms. The summed E-state index contributed by atoms with van der Waals surface area (Å²) in [5.74, 6) is -1.38. The standard InChI is InChI=1S/C23H20ClN5O4S/c24-16-8-10-17(11-9-16)34(32,33)29-21(13-15-14-26-19-6-2-1-5-18(15)19)23(31)28-27-22(30)20-7-3-4-12-25-20/h1-12,14,21,26,29H,13H2,(H,27,30)(H,28,31)/t21-/m1/s1. The molecular weight excluding hydrogens is 478 g/mol. The number of pyridine rings is 1. The highest BCUT2D eigenvalue weighted by Crippen LogP contribution is 2.20. The van der Waals surface area contributed by atoms with Crippen molar-refractivity contribution >= 4 is 44.3 Å². The van der Waals surface area contributed by atoms with Crippen LogP contribution in [0.4, 0.5) is 0 Å². The zero-order chi connectivity index (χ0) is 24.1. The Labute approximate surface area is 200 Å². The average Bonchev–Trinajstić information content (AvgIpc) is 3.25. The topological polar surface area (TPSA) is 133 Å². The van der Waals surface area contributed by atoms with Crippen LogP contribution in [0, 0.1) is 0 Å². The number of fused-ring (bicyclic) bond motifs is 1. The molecule has 0 fully saturated rings. The van der Waals surface area contributed by atoms with E-state index in [-0.39, 0.29) is 17.0 Å². The van der Waals surface area contributed by atoms with E-state index in [2.05, 4.69) is 25.5 Å². The summed E-state index contributed by atoms with van der Waals surface area (Å²) in [5.41, 5.74) is 6.23. The van der Waals surface area contributed by atoms with E-state index in [1.807, 2.05) is 24.3 Å². The maximum atomic E-state index is 13.0. The Hall–Kier alpha value is -3.73. The molecule has 2 amide bonds. The molecule has 0 saturated heterocycles. The van der Waals surface area contributed by atoms with Crippen LogP contribution in [-0.4, -0.2) is 36.2 Å². The fourth-order valence-electron chi connectivity index (χ4n) is 3.34. The molecule has 2 heterocycles. The lowest BCUT2D eigenvalue weighted by Crippen LogP contribution is -2.53. The molecular formula is C23H20ClN5O4S. The molecule has 4 N–H and O–H groups in total. The first kappa shape index (κ1) is 23.4. The van der Waals surface area contributed by atoms with Crippen molar-refractivity contribution in [1.82, 2.24) is 25.5 Å². The van der Waals surface area contributed by atoms with Crippen LogP contribution in [0.25, 0.3) is 10.9 Å². The van der Waals surface area contributed by atoms with Gasteiger partial charge in [-0.05, 0) is 54.4 Å². The van der Waals surface area contributed by atoms with Crippen molar-refractivity contribution in [1.29, 1.82) is 0 Å². The second kappa shape index (κ2) is 10.0. The molecule has 1 atom stereocenters. The number of aromatic nitrogens is 2. The highest BCUT2D eigenvalue weighted by atomic mass is 35.5. The highest BCUT2D eigenvalue weighted by Gasteiger charge is 2.27. The van der Waals surface area contributed by atoms with Gasteiger partial charge in [-0.25, -0.2) is 8.42 Å². The fraction of sp³-hybridized carbons (Fsp3) is 0.0870. The van der Waals surface area contributed by atoms with Gasteiger partial charge in [0.1, 0.15) is 11.7 Å². The lowest BCUT2D eigenvalue weighted by Gasteiger charge is -2.19. The number of nitrogens with one attached hydrogen (secondary N) is 4. The summed E-state index contributed by atoms with van der Waals surface area (Å²) in [6.45, 7) is 0. The van der Waals surface area contributed by atoms with Crippen molar-refractivity contribution in [3.63, 3.8) is 0 Å². The average molecular weight is 498 g/mol. The molecule has 0 aliphatic rings. The zero-order valence-electron chi connectivity index (χ0n) is 17.7. The molecule has 2 aromatic heterocycles. The molecule has 9 nitrogen and oxygen atoms in total. The van der Waals surface area contributed by atoms with Gasteiger partial charge in [0.05, 0.1) is 4.90 Å². The van der Waals surface area contributed by atoms with Crippen LogP contribution >= 0.6 is 11.6 Å². The lowest BCUT2D eigenvalue weighted by molar-refractivity contribution is -0.123. The van der Waals surface area contributed by atoms with Crippen LogP contribution in [0.3, 0.4) is 0 Å². The van der Waals surface area contributed by atoms with Gasteiger partial charge in [0.25, 0.3) is 11.8 Å². The van der Waals surface area contributed by atoms with Gasteiger partial charge in [0.15, 0.2) is 0 Å². The van der Waals surface area contributed by atoms with Crippen LogP contribution < -0.4 is 15.6 Å². The summed E-state index contributed by atoms with van der Waals surface area (Å²) < 4.78 is 28.4. The molecule has 174 valence electrons. The van der Waals surface area contributed by atoms with Gasteiger partial charge in [-0.1, -0.05) is 35.9 Å². The Morgan fingerprint density at radius 2 is 1.71 bits per heavy atom. The van der Waals surface area contributed by atoms with Gasteiger partial charge in [0.2, 0.25) is 10.0 Å². The highest BCUT2D eigenvalue weighted by molar-refractivity contribution is 7.89. The van der Waals surface area contributed by atoms with Crippen molar-refractivity contribution in [2.75, 3.05) is 0 Å². The van der Waals surface area contributed by atoms with E-state index in [4.69, 9.17) is 11.6 Å². The molecule has 0 aliphatic carbocycles. The third-order valence-electron chi connectivity index (χ3n) is 5.03. The van der Waals surface area contributed by atoms with Crippen molar-refractivity contribution in [3.05, 3.63) is 95.4 Å². The third kappa shape index (κ3) is 5.42. The van der Waals surface area contributed by atoms with E-state index in [1.54, 1.807) is 18.3 Å². The van der Waals surface area contributed by atoms with Crippen molar-refractivity contribution < 1.29 is 18.0 Å². The molecule has 4 rings (SSSR count). The first-order valence-corrected chi connectivity index (χ1v) is 12.0. The number of carbonyl (C=O) groups is 2. The molecule has 0 aliphatic heterocycles. The van der Waals surface area contributed by atoms with Crippen LogP contribution in [0.15, 0.2) is 84.0 Å². The van der Waals surface area contributed by atoms with Crippen molar-refractivity contribution in [3.8, 4) is 0 Å². The van der Waals surface area contributed by atoms with Crippen LogP contribution in [0.1, 0.15) is 16.1 Å². The third-order valence-corrected chi connectivity index (χ3v) is 6.77. The van der Waals surface area contributed by atoms with E-state index < -0.39 is 27.9 Å². The lowest BCUT2D eigenvalue weighted by atomic mass is 10.1. The van der Waals surface area contributed by atoms with E-state index >= 15 is 0 Å². The van der Waals surface area contributed by atoms with Gasteiger partial charge >= 0.3 is 0 Å². The minimum Gasteiger partial charge on any atom is -0.361 e. The summed E-state index contributed by atoms with van der Waals surface area (Å²) >= 11 is 5.86. The number of benzene rings is 2. The first-order chi connectivity index (χ1) is 16.3. The number of halogens is 1. The number of H-pyrrole nitrogens is 1. The van der Waals surface area contributed by atoms with Crippen LogP contribution in [-0.2, 0) is 21.2 Å². The predicted octanol–water partition coefficient (Wildman–Crippen LogP) is 2.57. The maximum Gasteiger partial charge on any atom is 0.288 e. The normalized spacial score (nSPS) is 12.3. The minimum absolute atomic E-state index is 0.0299. The number of aromatic amines is 1. The van der Waals surface area contributed by atoms with E-state index in [0.717, 1.165) is 16.5 Å². The molecule has 34 heavy (non-hydrogen) atoms. The Kier molecular flexibility index (Phi) is 6.92. The van der Waals surface area contributed by atoms with Crippen LogP contribution in [0.5, 0.6) is 0 Å². The number of sulfonamides is 1. The Balaban J connectivity index is 1.57. The number of carbonyl (C=O) groups excluding carboxylic acids is 2. The summed E-state index contributed by atoms with van der Waals surface area (Å²) in [4.78, 5) is 32.2. The Bertz CT molecular complexity index is 1420. The summed E-state index contributed by atoms with van der Waals surface area (Å²) in [6.07, 6.45) is 3.19. The molecule has 4 aromatic rings. The molecule has 0 bridgehead atoms. The van der Waals surface area contributed by atoms with E-state index in [0.29, 0.717) is 5.02 Å². The number of nitrogens with zero attached hydrogens (tertiary/aromatic N) is 1. The SMILES string of the molecule is O=C(NNC(=O)[C@@H](Cc1c[nH]c2ccccc12)NS(=O)(=O)c1ccc(Cl)cc1)c1ccccn1. The Morgan fingerprint density at radius 1 is 0.971 bits per heavy atom. The Morgan fingerprint density at radius 3 is 2.44 bits per heavy atom. The maximum absolute atomic E-state index is 13.0. The second-order valence-electron chi connectivity index (χ2n) is 7.35. The molecule has 0 saturated carbocycles. The van der Waals surface area contributed by atoms with Gasteiger partial charge in [0, 0.05) is 28.3 Å². The number of rotatable bonds is 7. The van der Waals surface area contributed by atoms with Gasteiger partial charge < -0.3 is 4.98 Å². The molecule has 2 aromatic carbocycles. The van der Waals surface area contributed by atoms with Gasteiger partial charge in [-0.3, -0.25) is 25.4 Å². The molecule has 0 radical (unpaired) electrons. The van der Waals surface area contributed by atoms with Crippen LogP contribution in [0.2, 0.25) is 5.02 Å². The number of hydrogen-bond acceptors (Lipinski definition) is 5. The van der Waals surface area contributed by atoms with Crippen molar-refractivity contribution in [2.24, 2.45) is 0 Å². The van der Waals surface area contributed by atoms with E-state index in [9.17, 15) is 18.0 Å². The summed E-state index contributed by atoms with van der Waals surface area (Å²) in [7, 11) is -4.07. The second-order valence-corrected chi connectivity index (χ2v) is 9.50. The largest absolute Gasteiger partial charge is 0.361 e. The first-order valence-electron chi connectivity index (χ1n) is 10.2. The summed E-state index contributed by atoms with van der Waals surface area (Å²) in [6, 6.07) is 16.5. The number of amides is 2. The molecule has 0 unspecified atom stereocenters. The number of hydrazine groups is 1. The van der Waals surface area contributed by atoms with Crippen molar-refractivity contribution in [2.45, 2.75) is 17.4 Å². The fourth-order valence-corrected chi connectivity index (χ4v) is 4.67. The quantitative estimate of drug-likeness (QED) is 0.291. The molecule has 0 spiro atoms. The number of para-hydroxylation sites is 1. The monoisotopic (exact) mass is 497 g/mol. The minimum atomic E-state index is -4.07. The summed E-state index contributed by atoms with van der Waals surface area (Å²) in [5, 5.41) is 1.23. The zero-order valence-corrected chi connectivity index (χ0v) is 19.2. The van der Waals surface area contributed by atoms with Gasteiger partial charge in [-0.2, -0.15) is 4.72 Å². The van der Waals surface area contributed by atoms with Gasteiger partial charge in [-0.15, -0.1) is 0 Å². The number of hydrogen-bond donors (Lipinski definition) is 4. The van der Waals surface area contributed by atoms with E-state index in [1.165, 1.54) is 36.5 Å². The predicted molar refractivity (Wildman–Crippen MR) is 127 cm³/mol. The smallest absolute Gasteiger partial charge is 0.288 e.